The molecular formula is C41H42N4O5. The molecule has 4 aliphatic rings. The topological polar surface area (TPSA) is 117 Å². The van der Waals surface area contributed by atoms with Crippen LogP contribution in [0, 0.1) is 0 Å². The van der Waals surface area contributed by atoms with Crippen LogP contribution in [-0.4, -0.2) is 47.4 Å². The second-order valence-corrected chi connectivity index (χ2v) is 13.4. The number of hydrogen-bond acceptors (Lipinski definition) is 6. The zero-order valence-corrected chi connectivity index (χ0v) is 28.0. The molecule has 256 valence electrons. The summed E-state index contributed by atoms with van der Waals surface area (Å²) in [6.45, 7) is 1.81. The predicted octanol–water partition coefficient (Wildman–Crippen LogP) is 6.21. The molecule has 9 heteroatoms. The Kier molecular flexibility index (Phi) is 10.0. The summed E-state index contributed by atoms with van der Waals surface area (Å²) in [5.41, 5.74) is 8.20. The molecule has 3 N–H and O–H groups in total. The van der Waals surface area contributed by atoms with Crippen molar-refractivity contribution in [2.45, 2.75) is 76.2 Å². The Morgan fingerprint density at radius 1 is 0.760 bits per heavy atom. The summed E-state index contributed by atoms with van der Waals surface area (Å²) in [5.74, 6) is -0.982. The Balaban J connectivity index is 0.000000253. The monoisotopic (exact) mass is 670 g/mol. The molecule has 1 saturated heterocycles. The Hall–Kier alpha value is -5.28. The molecule has 4 amide bonds. The normalized spacial score (nSPS) is 18.1. The average Bonchev–Trinajstić information content (AvgIpc) is 3.86. The highest BCUT2D eigenvalue weighted by Gasteiger charge is 2.39. The first-order valence-electron chi connectivity index (χ1n) is 17.6. The number of nitrogens with zero attached hydrogens (tertiary/aromatic N) is 1. The van der Waals surface area contributed by atoms with Gasteiger partial charge in [-0.05, 0) is 64.3 Å². The first-order valence-corrected chi connectivity index (χ1v) is 17.6. The third-order valence-electron chi connectivity index (χ3n) is 10.2. The molecule has 4 aromatic rings. The number of nitrogens with one attached hydrogen (secondary N) is 3. The van der Waals surface area contributed by atoms with Gasteiger partial charge in [0.1, 0.15) is 12.6 Å². The number of alkyl carbamates (subject to hydrolysis) is 1. The van der Waals surface area contributed by atoms with Crippen LogP contribution in [0.5, 0.6) is 0 Å². The molecule has 4 aromatic carbocycles. The lowest BCUT2D eigenvalue weighted by Gasteiger charge is -2.29. The van der Waals surface area contributed by atoms with Crippen LogP contribution in [0.15, 0.2) is 97.1 Å². The van der Waals surface area contributed by atoms with Gasteiger partial charge in [0.15, 0.2) is 0 Å². The summed E-state index contributed by atoms with van der Waals surface area (Å²) in [6.07, 6.45) is 5.58. The zero-order chi connectivity index (χ0) is 34.5. The minimum Gasteiger partial charge on any atom is -0.449 e. The van der Waals surface area contributed by atoms with E-state index in [1.165, 1.54) is 47.3 Å². The molecular weight excluding hydrogens is 628 g/mol. The summed E-state index contributed by atoms with van der Waals surface area (Å²) in [5, 5.41) is 8.70. The Morgan fingerprint density at radius 3 is 2.14 bits per heavy atom. The zero-order valence-electron chi connectivity index (χ0n) is 28.0. The molecule has 2 aliphatic carbocycles. The van der Waals surface area contributed by atoms with E-state index in [0.29, 0.717) is 18.5 Å². The van der Waals surface area contributed by atoms with E-state index in [2.05, 4.69) is 70.5 Å². The van der Waals surface area contributed by atoms with Crippen molar-refractivity contribution in [1.82, 2.24) is 20.9 Å². The van der Waals surface area contributed by atoms with E-state index in [9.17, 15) is 19.2 Å². The summed E-state index contributed by atoms with van der Waals surface area (Å²) < 4.78 is 5.60. The van der Waals surface area contributed by atoms with E-state index in [0.717, 1.165) is 34.8 Å². The molecule has 2 fully saturated rings. The standard InChI is InChI=1S/C29H25N3O5.C12H17N/c33-26-12-11-25(27(34)31-26)32-15-18-13-17(9-10-19(18)28(32)35)14-30-29(36)37-16-24-22-7-3-1-5-20(22)21-6-2-4-8-23(21)24;1-2-6-11(7-3-1)10-13-12-8-4-5-9-12/h1-10,13,24-25H,11-12,14-16H2,(H,30,36)(H,31,33,34);1-3,6-7,12-13H,4-5,8-10H2. The highest BCUT2D eigenvalue weighted by Crippen LogP contribution is 2.44. The van der Waals surface area contributed by atoms with Gasteiger partial charge in [-0.25, -0.2) is 4.79 Å². The third kappa shape index (κ3) is 7.33. The smallest absolute Gasteiger partial charge is 0.407 e. The van der Waals surface area contributed by atoms with E-state index in [4.69, 9.17) is 4.74 Å². The third-order valence-corrected chi connectivity index (χ3v) is 10.2. The van der Waals surface area contributed by atoms with E-state index in [-0.39, 0.29) is 37.3 Å². The van der Waals surface area contributed by atoms with Crippen molar-refractivity contribution in [2.75, 3.05) is 6.61 Å². The van der Waals surface area contributed by atoms with Crippen LogP contribution in [-0.2, 0) is 34.0 Å². The molecule has 0 spiro atoms. The molecule has 1 unspecified atom stereocenters. The second-order valence-electron chi connectivity index (χ2n) is 13.4. The average molecular weight is 671 g/mol. The summed E-state index contributed by atoms with van der Waals surface area (Å²) >= 11 is 0. The Labute approximate surface area is 292 Å². The van der Waals surface area contributed by atoms with E-state index in [1.807, 2.05) is 30.3 Å². The number of ether oxygens (including phenoxy) is 1. The maximum atomic E-state index is 12.9. The summed E-state index contributed by atoms with van der Waals surface area (Å²) in [6, 6.07) is 32.5. The van der Waals surface area contributed by atoms with E-state index < -0.39 is 18.0 Å². The fraction of sp³-hybridized carbons (Fsp3) is 0.317. The van der Waals surface area contributed by atoms with E-state index >= 15 is 0 Å². The van der Waals surface area contributed by atoms with Crippen molar-refractivity contribution in [2.24, 2.45) is 0 Å². The first-order chi connectivity index (χ1) is 24.4. The number of carbonyl (C=O) groups is 4. The molecule has 2 heterocycles. The van der Waals surface area contributed by atoms with Gasteiger partial charge in [-0.1, -0.05) is 104 Å². The van der Waals surface area contributed by atoms with Gasteiger partial charge in [0, 0.05) is 43.6 Å². The summed E-state index contributed by atoms with van der Waals surface area (Å²) in [4.78, 5) is 50.6. The molecule has 0 radical (unpaired) electrons. The van der Waals surface area contributed by atoms with Gasteiger partial charge in [-0.2, -0.15) is 0 Å². The van der Waals surface area contributed by atoms with Crippen LogP contribution in [0.25, 0.3) is 11.1 Å². The number of rotatable bonds is 8. The molecule has 2 aliphatic heterocycles. The van der Waals surface area contributed by atoms with Crippen molar-refractivity contribution in [3.63, 3.8) is 0 Å². The molecule has 1 saturated carbocycles. The van der Waals surface area contributed by atoms with Gasteiger partial charge < -0.3 is 20.3 Å². The molecule has 8 rings (SSSR count). The minimum absolute atomic E-state index is 0.0116. The number of fused-ring (bicyclic) bond motifs is 4. The lowest BCUT2D eigenvalue weighted by Crippen LogP contribution is -2.52. The molecule has 1 atom stereocenters. The predicted molar refractivity (Wildman–Crippen MR) is 190 cm³/mol. The number of hydrogen-bond donors (Lipinski definition) is 3. The van der Waals surface area contributed by atoms with Crippen LogP contribution in [0.3, 0.4) is 0 Å². The number of amides is 4. The van der Waals surface area contributed by atoms with Gasteiger partial charge in [-0.3, -0.25) is 19.7 Å². The molecule has 0 aromatic heterocycles. The van der Waals surface area contributed by atoms with Gasteiger partial charge in [0.05, 0.1) is 0 Å². The van der Waals surface area contributed by atoms with Gasteiger partial charge in [0.2, 0.25) is 11.8 Å². The minimum atomic E-state index is -0.653. The maximum absolute atomic E-state index is 12.9. The molecule has 9 nitrogen and oxygen atoms in total. The van der Waals surface area contributed by atoms with Crippen LogP contribution < -0.4 is 16.0 Å². The van der Waals surface area contributed by atoms with Crippen molar-refractivity contribution >= 4 is 23.8 Å². The van der Waals surface area contributed by atoms with Crippen molar-refractivity contribution < 1.29 is 23.9 Å². The van der Waals surface area contributed by atoms with Crippen molar-refractivity contribution in [1.29, 1.82) is 0 Å². The van der Waals surface area contributed by atoms with Gasteiger partial charge in [-0.15, -0.1) is 0 Å². The highest BCUT2D eigenvalue weighted by atomic mass is 16.5. The summed E-state index contributed by atoms with van der Waals surface area (Å²) in [7, 11) is 0. The fourth-order valence-corrected chi connectivity index (χ4v) is 7.55. The van der Waals surface area contributed by atoms with Gasteiger partial charge in [0.25, 0.3) is 5.91 Å². The number of imide groups is 1. The van der Waals surface area contributed by atoms with E-state index in [1.54, 1.807) is 12.1 Å². The maximum Gasteiger partial charge on any atom is 0.407 e. The largest absolute Gasteiger partial charge is 0.449 e. The fourth-order valence-electron chi connectivity index (χ4n) is 7.55. The number of piperidine rings is 1. The Morgan fingerprint density at radius 2 is 1.44 bits per heavy atom. The number of carbonyl (C=O) groups excluding carboxylic acids is 4. The molecule has 0 bridgehead atoms. The Bertz CT molecular complexity index is 1840. The van der Waals surface area contributed by atoms with Crippen molar-refractivity contribution in [3.05, 3.63) is 130 Å². The van der Waals surface area contributed by atoms with Gasteiger partial charge >= 0.3 is 6.09 Å². The van der Waals surface area contributed by atoms with Crippen LogP contribution in [0.2, 0.25) is 0 Å². The second kappa shape index (κ2) is 15.1. The van der Waals surface area contributed by atoms with Crippen molar-refractivity contribution in [3.8, 4) is 11.1 Å². The lowest BCUT2D eigenvalue weighted by molar-refractivity contribution is -0.136. The van der Waals surface area contributed by atoms with Crippen LogP contribution >= 0.6 is 0 Å². The quantitative estimate of drug-likeness (QED) is 0.192. The lowest BCUT2D eigenvalue weighted by atomic mass is 9.98. The van der Waals surface area contributed by atoms with Crippen LogP contribution in [0.4, 0.5) is 4.79 Å². The highest BCUT2D eigenvalue weighted by molar-refractivity contribution is 6.05. The SMILES string of the molecule is O=C1CCC(N2Cc3cc(CNC(=O)OCC4c5ccccc5-c5ccccc54)ccc3C2=O)C(=O)N1.c1ccc(CNC2CCCC2)cc1. The first kappa shape index (κ1) is 33.2. The molecule has 50 heavy (non-hydrogen) atoms. The van der Waals surface area contributed by atoms with Crippen LogP contribution in [0.1, 0.15) is 82.6 Å². The number of benzene rings is 4.